The fourth-order valence-corrected chi connectivity index (χ4v) is 3.20. The lowest BCUT2D eigenvalue weighted by molar-refractivity contribution is -0.113. The molecule has 2 aromatic rings. The van der Waals surface area contributed by atoms with Gasteiger partial charge in [-0.15, -0.1) is 11.8 Å². The summed E-state index contributed by atoms with van der Waals surface area (Å²) >= 11 is 7.47. The quantitative estimate of drug-likeness (QED) is 0.840. The van der Waals surface area contributed by atoms with Crippen molar-refractivity contribution in [3.05, 3.63) is 47.0 Å². The summed E-state index contributed by atoms with van der Waals surface area (Å²) in [5, 5.41) is 3.36. The first kappa shape index (κ1) is 16.8. The van der Waals surface area contributed by atoms with Crippen LogP contribution in [0.4, 0.5) is 5.69 Å². The fourth-order valence-electron chi connectivity index (χ4n) is 2.26. The molecule has 2 aromatic carbocycles. The first-order valence-corrected chi connectivity index (χ1v) is 8.78. The Morgan fingerprint density at radius 1 is 1.25 bits per heavy atom. The molecule has 5 nitrogen and oxygen atoms in total. The zero-order valence-corrected chi connectivity index (χ0v) is 14.6. The minimum Gasteiger partial charge on any atom is -0.495 e. The molecule has 0 aromatic heterocycles. The van der Waals surface area contributed by atoms with E-state index in [4.69, 9.17) is 25.8 Å². The molecular weight excluding hydrogens is 350 g/mol. The van der Waals surface area contributed by atoms with Crippen LogP contribution in [0.1, 0.15) is 5.56 Å². The molecule has 0 aliphatic carbocycles. The van der Waals surface area contributed by atoms with Gasteiger partial charge >= 0.3 is 0 Å². The van der Waals surface area contributed by atoms with Crippen LogP contribution in [-0.4, -0.2) is 25.6 Å². The Kier molecular flexibility index (Phi) is 5.37. The van der Waals surface area contributed by atoms with Gasteiger partial charge in [-0.3, -0.25) is 4.79 Å². The number of benzene rings is 2. The zero-order chi connectivity index (χ0) is 16.9. The molecule has 0 saturated carbocycles. The number of hydrogen-bond acceptors (Lipinski definition) is 5. The SMILES string of the molecule is COc1ccc(Cl)cc1NC(=O)CSCc1ccc2c(c1)OCO2. The van der Waals surface area contributed by atoms with Crippen molar-refractivity contribution >= 4 is 35.0 Å². The maximum absolute atomic E-state index is 12.1. The molecule has 1 heterocycles. The number of ether oxygens (including phenoxy) is 3. The maximum atomic E-state index is 12.1. The summed E-state index contributed by atoms with van der Waals surface area (Å²) in [4.78, 5) is 12.1. The van der Waals surface area contributed by atoms with E-state index in [-0.39, 0.29) is 12.7 Å². The number of anilines is 1. The van der Waals surface area contributed by atoms with Crippen molar-refractivity contribution in [3.63, 3.8) is 0 Å². The van der Waals surface area contributed by atoms with Crippen LogP contribution in [0.2, 0.25) is 5.02 Å². The second-order valence-corrected chi connectivity index (χ2v) is 6.50. The Bertz CT molecular complexity index is 753. The third-order valence-corrected chi connectivity index (χ3v) is 4.61. The van der Waals surface area contributed by atoms with Gasteiger partial charge < -0.3 is 19.5 Å². The van der Waals surface area contributed by atoms with Gasteiger partial charge in [-0.2, -0.15) is 0 Å². The van der Waals surface area contributed by atoms with Crippen molar-refractivity contribution in [2.24, 2.45) is 0 Å². The molecule has 0 atom stereocenters. The summed E-state index contributed by atoms with van der Waals surface area (Å²) in [6, 6.07) is 10.9. The largest absolute Gasteiger partial charge is 0.495 e. The normalized spacial score (nSPS) is 12.1. The summed E-state index contributed by atoms with van der Waals surface area (Å²) in [6.45, 7) is 0.260. The van der Waals surface area contributed by atoms with Gasteiger partial charge in [0.05, 0.1) is 18.6 Å². The Hall–Kier alpha value is -2.05. The number of amides is 1. The molecule has 1 aliphatic rings. The van der Waals surface area contributed by atoms with E-state index in [1.54, 1.807) is 25.3 Å². The Labute approximate surface area is 149 Å². The van der Waals surface area contributed by atoms with E-state index in [1.165, 1.54) is 11.8 Å². The van der Waals surface area contributed by atoms with E-state index >= 15 is 0 Å². The maximum Gasteiger partial charge on any atom is 0.234 e. The lowest BCUT2D eigenvalue weighted by Gasteiger charge is -2.10. The standard InChI is InChI=1S/C17H16ClNO4S/c1-21-14-5-3-12(18)7-13(14)19-17(20)9-24-8-11-2-4-15-16(6-11)23-10-22-15/h2-7H,8-10H2,1H3,(H,19,20). The lowest BCUT2D eigenvalue weighted by Crippen LogP contribution is -2.14. The molecular formula is C17H16ClNO4S. The van der Waals surface area contributed by atoms with E-state index in [0.29, 0.717) is 28.0 Å². The van der Waals surface area contributed by atoms with Gasteiger partial charge in [0.1, 0.15) is 5.75 Å². The van der Waals surface area contributed by atoms with Crippen LogP contribution in [0.25, 0.3) is 0 Å². The molecule has 1 aliphatic heterocycles. The summed E-state index contributed by atoms with van der Waals surface area (Å²) in [5.41, 5.74) is 1.65. The Morgan fingerprint density at radius 3 is 2.92 bits per heavy atom. The van der Waals surface area contributed by atoms with Crippen molar-refractivity contribution in [1.82, 2.24) is 0 Å². The van der Waals surface area contributed by atoms with Crippen LogP contribution in [0.3, 0.4) is 0 Å². The van der Waals surface area contributed by atoms with Crippen LogP contribution in [-0.2, 0) is 10.5 Å². The van der Waals surface area contributed by atoms with Crippen molar-refractivity contribution < 1.29 is 19.0 Å². The van der Waals surface area contributed by atoms with Crippen LogP contribution >= 0.6 is 23.4 Å². The number of hydrogen-bond donors (Lipinski definition) is 1. The highest BCUT2D eigenvalue weighted by Crippen LogP contribution is 2.33. The molecule has 126 valence electrons. The van der Waals surface area contributed by atoms with E-state index in [1.807, 2.05) is 18.2 Å². The minimum absolute atomic E-state index is 0.110. The fraction of sp³-hybridized carbons (Fsp3) is 0.235. The summed E-state index contributed by atoms with van der Waals surface area (Å²) < 4.78 is 15.8. The highest BCUT2D eigenvalue weighted by molar-refractivity contribution is 7.99. The van der Waals surface area contributed by atoms with Crippen molar-refractivity contribution in [1.29, 1.82) is 0 Å². The molecule has 3 rings (SSSR count). The predicted molar refractivity (Wildman–Crippen MR) is 95.4 cm³/mol. The summed E-state index contributed by atoms with van der Waals surface area (Å²) in [7, 11) is 1.55. The third-order valence-electron chi connectivity index (χ3n) is 3.37. The van der Waals surface area contributed by atoms with Gasteiger partial charge in [0, 0.05) is 10.8 Å². The number of thioether (sulfide) groups is 1. The van der Waals surface area contributed by atoms with Gasteiger partial charge in [-0.05, 0) is 35.9 Å². The van der Waals surface area contributed by atoms with Crippen molar-refractivity contribution in [2.75, 3.05) is 25.0 Å². The van der Waals surface area contributed by atoms with E-state index in [9.17, 15) is 4.79 Å². The summed E-state index contributed by atoms with van der Waals surface area (Å²) in [6.07, 6.45) is 0. The molecule has 1 N–H and O–H groups in total. The monoisotopic (exact) mass is 365 g/mol. The number of methoxy groups -OCH3 is 1. The van der Waals surface area contributed by atoms with E-state index < -0.39 is 0 Å². The number of rotatable bonds is 6. The lowest BCUT2D eigenvalue weighted by atomic mass is 10.2. The number of nitrogens with one attached hydrogen (secondary N) is 1. The van der Waals surface area contributed by atoms with Crippen LogP contribution in [0, 0.1) is 0 Å². The minimum atomic E-state index is -0.110. The number of carbonyl (C=O) groups excluding carboxylic acids is 1. The molecule has 0 fully saturated rings. The smallest absolute Gasteiger partial charge is 0.234 e. The molecule has 0 saturated heterocycles. The van der Waals surface area contributed by atoms with Gasteiger partial charge in [-0.25, -0.2) is 0 Å². The van der Waals surface area contributed by atoms with Gasteiger partial charge in [-0.1, -0.05) is 17.7 Å². The number of carbonyl (C=O) groups is 1. The third kappa shape index (κ3) is 4.07. The average molecular weight is 366 g/mol. The molecule has 0 unspecified atom stereocenters. The number of fused-ring (bicyclic) bond motifs is 1. The first-order valence-electron chi connectivity index (χ1n) is 7.25. The Balaban J connectivity index is 1.52. The van der Waals surface area contributed by atoms with Crippen molar-refractivity contribution in [3.8, 4) is 17.2 Å². The Morgan fingerprint density at radius 2 is 2.08 bits per heavy atom. The van der Waals surface area contributed by atoms with E-state index in [2.05, 4.69) is 5.32 Å². The molecule has 1 amide bonds. The first-order chi connectivity index (χ1) is 11.7. The summed E-state index contributed by atoms with van der Waals surface area (Å²) in [5.74, 6) is 3.01. The topological polar surface area (TPSA) is 56.8 Å². The van der Waals surface area contributed by atoms with Crippen molar-refractivity contribution in [2.45, 2.75) is 5.75 Å². The second kappa shape index (κ2) is 7.68. The second-order valence-electron chi connectivity index (χ2n) is 5.07. The van der Waals surface area contributed by atoms with E-state index in [0.717, 1.165) is 17.1 Å². The van der Waals surface area contributed by atoms with Gasteiger partial charge in [0.25, 0.3) is 0 Å². The molecule has 0 bridgehead atoms. The highest BCUT2D eigenvalue weighted by atomic mass is 35.5. The van der Waals surface area contributed by atoms with Gasteiger partial charge in [0.15, 0.2) is 11.5 Å². The predicted octanol–water partition coefficient (Wildman–Crippen LogP) is 3.95. The molecule has 0 spiro atoms. The highest BCUT2D eigenvalue weighted by Gasteiger charge is 2.13. The number of halogens is 1. The van der Waals surface area contributed by atoms with Crippen LogP contribution < -0.4 is 19.5 Å². The van der Waals surface area contributed by atoms with Gasteiger partial charge in [0.2, 0.25) is 12.7 Å². The molecule has 7 heteroatoms. The zero-order valence-electron chi connectivity index (χ0n) is 13.0. The molecule has 0 radical (unpaired) electrons. The average Bonchev–Trinajstić information content (AvgIpc) is 3.03. The van der Waals surface area contributed by atoms with Crippen LogP contribution in [0.15, 0.2) is 36.4 Å². The van der Waals surface area contributed by atoms with Crippen LogP contribution in [0.5, 0.6) is 17.2 Å². The molecule has 24 heavy (non-hydrogen) atoms.